The Kier molecular flexibility index (Phi) is 11.1. The maximum absolute atomic E-state index is 2.29. The number of hydrogen-bond donors (Lipinski definition) is 0. The minimum absolute atomic E-state index is 0.729. The van der Waals surface area contributed by atoms with Crippen LogP contribution in [0, 0.1) is 0 Å². The standard InChI is InChI=1S/C10H22As/c1-3-5-7-9-11-10-8-6-4-2/h3-10H2,1-2H3. The van der Waals surface area contributed by atoms with Crippen molar-refractivity contribution < 1.29 is 0 Å². The minimum atomic E-state index is 0.729. The van der Waals surface area contributed by atoms with Crippen LogP contribution in [0.25, 0.3) is 0 Å². The van der Waals surface area contributed by atoms with E-state index >= 15 is 0 Å². The SMILES string of the molecule is CCCCC[As]CCCCC. The van der Waals surface area contributed by atoms with Crippen molar-refractivity contribution in [2.45, 2.75) is 62.8 Å². The molecule has 1 heteroatoms. The van der Waals surface area contributed by atoms with Crippen molar-refractivity contribution in [2.75, 3.05) is 0 Å². The summed E-state index contributed by atoms with van der Waals surface area (Å²) < 4.78 is 0. The number of unbranched alkanes of at least 4 members (excludes halogenated alkanes) is 4. The van der Waals surface area contributed by atoms with Crippen molar-refractivity contribution in [3.63, 3.8) is 0 Å². The van der Waals surface area contributed by atoms with Crippen LogP contribution >= 0.6 is 0 Å². The molecule has 0 atom stereocenters. The molecule has 0 aliphatic heterocycles. The fraction of sp³-hybridized carbons (Fsp3) is 1.00. The molecule has 0 aliphatic carbocycles. The van der Waals surface area contributed by atoms with Gasteiger partial charge in [-0.05, 0) is 0 Å². The molecule has 0 N–H and O–H groups in total. The van der Waals surface area contributed by atoms with E-state index in [9.17, 15) is 0 Å². The molecule has 0 aromatic heterocycles. The Balaban J connectivity index is 2.69. The van der Waals surface area contributed by atoms with Crippen LogP contribution in [0.3, 0.4) is 0 Å². The fourth-order valence-corrected chi connectivity index (χ4v) is 3.40. The molecule has 0 saturated heterocycles. The van der Waals surface area contributed by atoms with E-state index < -0.39 is 0 Å². The Morgan fingerprint density at radius 1 is 0.727 bits per heavy atom. The summed E-state index contributed by atoms with van der Waals surface area (Å²) in [5.74, 6) is 0. The van der Waals surface area contributed by atoms with Gasteiger partial charge in [0, 0.05) is 0 Å². The average molecular weight is 217 g/mol. The molecule has 0 heterocycles. The van der Waals surface area contributed by atoms with E-state index in [1.165, 1.54) is 38.5 Å². The van der Waals surface area contributed by atoms with E-state index in [4.69, 9.17) is 0 Å². The number of hydrogen-bond acceptors (Lipinski definition) is 0. The van der Waals surface area contributed by atoms with Gasteiger partial charge in [-0.3, -0.25) is 0 Å². The van der Waals surface area contributed by atoms with Gasteiger partial charge >= 0.3 is 78.5 Å². The Hall–Kier alpha value is 0.558. The summed E-state index contributed by atoms with van der Waals surface area (Å²) in [7, 11) is 0. The summed E-state index contributed by atoms with van der Waals surface area (Å²) in [5, 5.41) is 3.13. The van der Waals surface area contributed by atoms with E-state index in [1.54, 1.807) is 10.4 Å². The second-order valence-corrected chi connectivity index (χ2v) is 5.90. The van der Waals surface area contributed by atoms with Gasteiger partial charge in [-0.25, -0.2) is 0 Å². The molecule has 0 bridgehead atoms. The molecule has 0 aromatic rings. The quantitative estimate of drug-likeness (QED) is 0.427. The van der Waals surface area contributed by atoms with Gasteiger partial charge in [0.15, 0.2) is 0 Å². The van der Waals surface area contributed by atoms with Crippen LogP contribution in [0.1, 0.15) is 52.4 Å². The summed E-state index contributed by atoms with van der Waals surface area (Å²) >= 11 is 0.729. The van der Waals surface area contributed by atoms with E-state index in [1.807, 2.05) is 0 Å². The van der Waals surface area contributed by atoms with Crippen molar-refractivity contribution in [3.05, 3.63) is 0 Å². The summed E-state index contributed by atoms with van der Waals surface area (Å²) in [4.78, 5) is 0. The third-order valence-corrected chi connectivity index (χ3v) is 4.49. The predicted molar refractivity (Wildman–Crippen MR) is 54.4 cm³/mol. The second kappa shape index (κ2) is 10.6. The first kappa shape index (κ1) is 11.6. The average Bonchev–Trinajstić information content (AvgIpc) is 2.03. The Morgan fingerprint density at radius 2 is 1.18 bits per heavy atom. The van der Waals surface area contributed by atoms with Crippen LogP contribution in [0.4, 0.5) is 0 Å². The molecule has 0 unspecified atom stereocenters. The first-order valence-electron chi connectivity index (χ1n) is 5.05. The molecule has 0 fully saturated rings. The zero-order chi connectivity index (χ0) is 8.36. The van der Waals surface area contributed by atoms with E-state index in [0.717, 1.165) is 15.8 Å². The van der Waals surface area contributed by atoms with Gasteiger partial charge in [0.05, 0.1) is 0 Å². The fourth-order valence-electron chi connectivity index (χ4n) is 1.06. The summed E-state index contributed by atoms with van der Waals surface area (Å²) in [6.45, 7) is 4.57. The van der Waals surface area contributed by atoms with Crippen LogP contribution in [0.15, 0.2) is 0 Å². The third kappa shape index (κ3) is 10.6. The topological polar surface area (TPSA) is 0 Å². The first-order valence-corrected chi connectivity index (χ1v) is 7.70. The van der Waals surface area contributed by atoms with Crippen LogP contribution in [0.2, 0.25) is 10.4 Å². The van der Waals surface area contributed by atoms with Crippen LogP contribution < -0.4 is 0 Å². The molecular formula is C10H22As. The van der Waals surface area contributed by atoms with E-state index in [0.29, 0.717) is 0 Å². The van der Waals surface area contributed by atoms with Gasteiger partial charge in [-0.1, -0.05) is 0 Å². The van der Waals surface area contributed by atoms with E-state index in [-0.39, 0.29) is 0 Å². The molecule has 0 aliphatic rings. The normalized spacial score (nSPS) is 10.4. The Labute approximate surface area is 78.8 Å². The first-order chi connectivity index (χ1) is 5.41. The monoisotopic (exact) mass is 217 g/mol. The molecule has 0 saturated carbocycles. The molecule has 1 radical (unpaired) electrons. The van der Waals surface area contributed by atoms with Gasteiger partial charge in [-0.15, -0.1) is 0 Å². The summed E-state index contributed by atoms with van der Waals surface area (Å²) in [6, 6.07) is 0. The molecule has 67 valence electrons. The van der Waals surface area contributed by atoms with Crippen molar-refractivity contribution >= 4 is 15.8 Å². The molecule has 11 heavy (non-hydrogen) atoms. The second-order valence-electron chi connectivity index (χ2n) is 3.09. The predicted octanol–water partition coefficient (Wildman–Crippen LogP) is 3.91. The molecular weight excluding hydrogens is 195 g/mol. The van der Waals surface area contributed by atoms with Crippen LogP contribution in [0.5, 0.6) is 0 Å². The van der Waals surface area contributed by atoms with Gasteiger partial charge < -0.3 is 0 Å². The molecule has 0 aromatic carbocycles. The van der Waals surface area contributed by atoms with E-state index in [2.05, 4.69) is 13.8 Å². The van der Waals surface area contributed by atoms with Crippen molar-refractivity contribution in [1.82, 2.24) is 0 Å². The van der Waals surface area contributed by atoms with Gasteiger partial charge in [-0.2, -0.15) is 0 Å². The Morgan fingerprint density at radius 3 is 1.55 bits per heavy atom. The summed E-state index contributed by atoms with van der Waals surface area (Å²) in [6.07, 6.45) is 8.70. The third-order valence-electron chi connectivity index (χ3n) is 1.84. The van der Waals surface area contributed by atoms with Crippen molar-refractivity contribution in [1.29, 1.82) is 0 Å². The zero-order valence-corrected chi connectivity index (χ0v) is 9.98. The molecule has 0 amide bonds. The maximum atomic E-state index is 2.29. The van der Waals surface area contributed by atoms with Gasteiger partial charge in [0.25, 0.3) is 0 Å². The Bertz CT molecular complexity index is 53.9. The molecule has 0 rings (SSSR count). The van der Waals surface area contributed by atoms with Crippen molar-refractivity contribution in [3.8, 4) is 0 Å². The van der Waals surface area contributed by atoms with Crippen LogP contribution in [-0.4, -0.2) is 15.8 Å². The van der Waals surface area contributed by atoms with Crippen LogP contribution in [-0.2, 0) is 0 Å². The van der Waals surface area contributed by atoms with Gasteiger partial charge in [0.2, 0.25) is 0 Å². The molecule has 0 nitrogen and oxygen atoms in total. The summed E-state index contributed by atoms with van der Waals surface area (Å²) in [5.41, 5.74) is 0. The zero-order valence-electron chi connectivity index (χ0n) is 8.10. The van der Waals surface area contributed by atoms with Crippen molar-refractivity contribution in [2.24, 2.45) is 0 Å². The number of rotatable bonds is 8. The molecule has 0 spiro atoms. The van der Waals surface area contributed by atoms with Gasteiger partial charge in [0.1, 0.15) is 0 Å².